The molecule has 0 saturated heterocycles. The molecule has 3 N–H and O–H groups in total. The average molecular weight is 582 g/mol. The molecule has 0 radical (unpaired) electrons. The molecule has 6 nitrogen and oxygen atoms in total. The first-order valence-corrected chi connectivity index (χ1v) is 11.7. The van der Waals surface area contributed by atoms with E-state index in [1.807, 2.05) is 4.72 Å². The number of sulfonamides is 1. The van der Waals surface area contributed by atoms with Crippen molar-refractivity contribution in [3.8, 4) is 0 Å². The Morgan fingerprint density at radius 1 is 0.714 bits per heavy atom. The number of benzene rings is 3. The molecule has 14 heteroatoms. The van der Waals surface area contributed by atoms with Crippen LogP contribution in [0.3, 0.4) is 0 Å². The molecule has 0 spiro atoms. The van der Waals surface area contributed by atoms with Crippen LogP contribution in [0.2, 0.25) is 0 Å². The van der Waals surface area contributed by atoms with Gasteiger partial charge in [0, 0.05) is 4.47 Å². The Morgan fingerprint density at radius 2 is 1.26 bits per heavy atom. The van der Waals surface area contributed by atoms with E-state index in [2.05, 4.69) is 26.6 Å². The summed E-state index contributed by atoms with van der Waals surface area (Å²) in [4.78, 5) is 10.8. The van der Waals surface area contributed by atoms with E-state index in [1.54, 1.807) is 24.3 Å². The van der Waals surface area contributed by atoms with Crippen molar-refractivity contribution >= 4 is 49.0 Å². The highest BCUT2D eigenvalue weighted by molar-refractivity contribution is 9.10. The van der Waals surface area contributed by atoms with E-state index in [4.69, 9.17) is 0 Å². The molecule has 3 aromatic carbocycles. The van der Waals surface area contributed by atoms with Gasteiger partial charge in [-0.2, -0.15) is 26.3 Å². The summed E-state index contributed by atoms with van der Waals surface area (Å²) in [5, 5.41) is 4.83. The van der Waals surface area contributed by atoms with E-state index < -0.39 is 44.4 Å². The number of alkyl halides is 6. The Labute approximate surface area is 203 Å². The zero-order valence-corrected chi connectivity index (χ0v) is 19.5. The summed E-state index contributed by atoms with van der Waals surface area (Å²) in [7, 11) is -5.18. The molecule has 186 valence electrons. The molecule has 35 heavy (non-hydrogen) atoms. The Hall–Kier alpha value is -3.26. The predicted octanol–water partition coefficient (Wildman–Crippen LogP) is 6.93. The van der Waals surface area contributed by atoms with Crippen molar-refractivity contribution in [1.29, 1.82) is 0 Å². The van der Waals surface area contributed by atoms with Gasteiger partial charge in [-0.3, -0.25) is 4.72 Å². The Kier molecular flexibility index (Phi) is 7.36. The van der Waals surface area contributed by atoms with Crippen LogP contribution >= 0.6 is 15.9 Å². The second-order valence-corrected chi connectivity index (χ2v) is 9.39. The number of hydrogen-bond donors (Lipinski definition) is 3. The number of anilines is 3. The second-order valence-electron chi connectivity index (χ2n) is 6.88. The number of halogens is 7. The molecule has 3 aromatic rings. The third-order valence-electron chi connectivity index (χ3n) is 4.45. The molecule has 2 amide bonds. The van der Waals surface area contributed by atoms with E-state index in [-0.39, 0.29) is 17.4 Å². The summed E-state index contributed by atoms with van der Waals surface area (Å²) >= 11 is 3.23. The number of nitrogens with one attached hydrogen (secondary N) is 3. The fraction of sp³-hybridized carbons (Fsp3) is 0.0952. The Morgan fingerprint density at radius 3 is 1.83 bits per heavy atom. The van der Waals surface area contributed by atoms with Gasteiger partial charge >= 0.3 is 18.4 Å². The first kappa shape index (κ1) is 26.3. The SMILES string of the molecule is O=C(Nc1ccccc1Br)Nc1ccccc1NS(=O)(=O)c1cccc(C(F)(F)F)c1C(F)(F)F. The van der Waals surface area contributed by atoms with Crippen molar-refractivity contribution in [3.63, 3.8) is 0 Å². The lowest BCUT2D eigenvalue weighted by molar-refractivity contribution is -0.163. The van der Waals surface area contributed by atoms with Crippen LogP contribution in [0.4, 0.5) is 48.2 Å². The normalized spacial score (nSPS) is 12.2. The maximum atomic E-state index is 13.5. The summed E-state index contributed by atoms with van der Waals surface area (Å²) in [6.07, 6.45) is -11.1. The van der Waals surface area contributed by atoms with Crippen LogP contribution in [-0.2, 0) is 22.4 Å². The lowest BCUT2D eigenvalue weighted by Crippen LogP contribution is -2.24. The van der Waals surface area contributed by atoms with E-state index >= 15 is 0 Å². The number of hydrogen-bond acceptors (Lipinski definition) is 3. The molecular weight excluding hydrogens is 568 g/mol. The highest BCUT2D eigenvalue weighted by Gasteiger charge is 2.47. The highest BCUT2D eigenvalue weighted by Crippen LogP contribution is 2.43. The van der Waals surface area contributed by atoms with Gasteiger partial charge in [-0.25, -0.2) is 13.2 Å². The Balaban J connectivity index is 1.96. The largest absolute Gasteiger partial charge is 0.418 e. The second kappa shape index (κ2) is 9.77. The van der Waals surface area contributed by atoms with Gasteiger partial charge in [-0.05, 0) is 52.3 Å². The van der Waals surface area contributed by atoms with Crippen molar-refractivity contribution in [2.45, 2.75) is 17.2 Å². The number of rotatable bonds is 5. The third kappa shape index (κ3) is 6.25. The molecule has 0 atom stereocenters. The highest BCUT2D eigenvalue weighted by atomic mass is 79.9. The van der Waals surface area contributed by atoms with E-state index in [9.17, 15) is 39.6 Å². The fourth-order valence-electron chi connectivity index (χ4n) is 3.00. The molecule has 0 aromatic heterocycles. The number of amides is 2. The van der Waals surface area contributed by atoms with E-state index in [1.165, 1.54) is 18.2 Å². The van der Waals surface area contributed by atoms with Crippen LogP contribution in [-0.4, -0.2) is 14.4 Å². The summed E-state index contributed by atoms with van der Waals surface area (Å²) in [5.74, 6) is 0. The molecule has 0 bridgehead atoms. The monoisotopic (exact) mass is 581 g/mol. The number of carbonyl (C=O) groups excluding carboxylic acids is 1. The van der Waals surface area contributed by atoms with Crippen LogP contribution in [0.1, 0.15) is 11.1 Å². The van der Waals surface area contributed by atoms with Gasteiger partial charge in [-0.15, -0.1) is 0 Å². The minimum atomic E-state index is -5.63. The van der Waals surface area contributed by atoms with Crippen molar-refractivity contribution in [2.75, 3.05) is 15.4 Å². The minimum Gasteiger partial charge on any atom is -0.307 e. The molecule has 0 heterocycles. The molecule has 3 rings (SSSR count). The molecule has 0 fully saturated rings. The van der Waals surface area contributed by atoms with Crippen molar-refractivity contribution in [1.82, 2.24) is 0 Å². The lowest BCUT2D eigenvalue weighted by Gasteiger charge is -2.20. The standard InChI is InChI=1S/C21H14BrF6N3O3S/c22-13-7-1-2-8-14(13)29-19(32)30-15-9-3-4-10-16(15)31-35(33,34)17-11-5-6-12(20(23,24)25)18(17)21(26,27)28/h1-11,31H,(H2,29,30,32). The zero-order chi connectivity index (χ0) is 26.0. The summed E-state index contributed by atoms with van der Waals surface area (Å²) in [6.45, 7) is 0. The Bertz CT molecular complexity index is 1360. The maximum absolute atomic E-state index is 13.5. The van der Waals surface area contributed by atoms with Gasteiger partial charge in [0.2, 0.25) is 0 Å². The maximum Gasteiger partial charge on any atom is 0.418 e. The summed E-state index contributed by atoms with van der Waals surface area (Å²) in [5.41, 5.74) is -4.67. The molecular formula is C21H14BrF6N3O3S. The number of carbonyl (C=O) groups is 1. The topological polar surface area (TPSA) is 87.3 Å². The predicted molar refractivity (Wildman–Crippen MR) is 120 cm³/mol. The van der Waals surface area contributed by atoms with Gasteiger partial charge < -0.3 is 10.6 Å². The molecule has 0 aliphatic rings. The first-order valence-electron chi connectivity index (χ1n) is 9.42. The van der Waals surface area contributed by atoms with E-state index in [0.717, 1.165) is 6.07 Å². The molecule has 0 aliphatic heterocycles. The van der Waals surface area contributed by atoms with Crippen molar-refractivity contribution in [3.05, 3.63) is 82.3 Å². The first-order chi connectivity index (χ1) is 16.2. The van der Waals surface area contributed by atoms with Crippen LogP contribution < -0.4 is 15.4 Å². The fourth-order valence-corrected chi connectivity index (χ4v) is 4.72. The molecule has 0 aliphatic carbocycles. The van der Waals surface area contributed by atoms with Crippen molar-refractivity contribution < 1.29 is 39.6 Å². The third-order valence-corrected chi connectivity index (χ3v) is 6.55. The van der Waals surface area contributed by atoms with Crippen molar-refractivity contribution in [2.24, 2.45) is 0 Å². The van der Waals surface area contributed by atoms with E-state index in [0.29, 0.717) is 22.3 Å². The lowest BCUT2D eigenvalue weighted by atomic mass is 10.1. The van der Waals surface area contributed by atoms with Crippen LogP contribution in [0.25, 0.3) is 0 Å². The molecule has 0 unspecified atom stereocenters. The van der Waals surface area contributed by atoms with Gasteiger partial charge in [0.1, 0.15) is 4.90 Å². The minimum absolute atomic E-state index is 0.142. The number of urea groups is 1. The zero-order valence-electron chi connectivity index (χ0n) is 17.1. The van der Waals surface area contributed by atoms with Crippen LogP contribution in [0.5, 0.6) is 0 Å². The number of para-hydroxylation sites is 3. The molecule has 0 saturated carbocycles. The van der Waals surface area contributed by atoms with Gasteiger partial charge in [0.25, 0.3) is 10.0 Å². The quantitative estimate of drug-likeness (QED) is 0.285. The summed E-state index contributed by atoms with van der Waals surface area (Å²) in [6, 6.07) is 11.9. The smallest absolute Gasteiger partial charge is 0.307 e. The van der Waals surface area contributed by atoms with Crippen LogP contribution in [0, 0.1) is 0 Å². The average Bonchev–Trinajstić information content (AvgIpc) is 2.75. The van der Waals surface area contributed by atoms with Gasteiger partial charge in [0.15, 0.2) is 0 Å². The van der Waals surface area contributed by atoms with Crippen LogP contribution in [0.15, 0.2) is 76.1 Å². The summed E-state index contributed by atoms with van der Waals surface area (Å²) < 4.78 is 108. The van der Waals surface area contributed by atoms with Gasteiger partial charge in [0.05, 0.1) is 28.2 Å². The van der Waals surface area contributed by atoms with Gasteiger partial charge in [-0.1, -0.05) is 30.3 Å².